The van der Waals surface area contributed by atoms with E-state index in [9.17, 15) is 14.4 Å². The third-order valence-electron chi connectivity index (χ3n) is 7.80. The van der Waals surface area contributed by atoms with Gasteiger partial charge in [-0.1, -0.05) is 12.1 Å². The predicted octanol–water partition coefficient (Wildman–Crippen LogP) is 2.67. The lowest BCUT2D eigenvalue weighted by Gasteiger charge is -2.37. The summed E-state index contributed by atoms with van der Waals surface area (Å²) in [6.45, 7) is 6.50. The van der Waals surface area contributed by atoms with Crippen LogP contribution in [0.1, 0.15) is 80.3 Å². The molecule has 5 rings (SSSR count). The zero-order chi connectivity index (χ0) is 22.5. The summed E-state index contributed by atoms with van der Waals surface area (Å²) in [6.07, 6.45) is 6.61. The number of amides is 3. The second kappa shape index (κ2) is 7.96. The van der Waals surface area contributed by atoms with Crippen LogP contribution in [0.3, 0.4) is 0 Å². The average Bonchev–Trinajstić information content (AvgIpc) is 3.23. The number of hydrogen-bond donors (Lipinski definition) is 2. The molecule has 0 bridgehead atoms. The van der Waals surface area contributed by atoms with Gasteiger partial charge in [0, 0.05) is 31.1 Å². The summed E-state index contributed by atoms with van der Waals surface area (Å²) < 4.78 is 6.02. The largest absolute Gasteiger partial charge is 0.375 e. The minimum atomic E-state index is -0.562. The first-order chi connectivity index (χ1) is 15.2. The Morgan fingerprint density at radius 3 is 2.62 bits per heavy atom. The molecule has 3 aliphatic heterocycles. The third-order valence-corrected chi connectivity index (χ3v) is 7.80. The molecule has 1 atom stereocenters. The Bertz CT molecular complexity index is 949. The fourth-order valence-corrected chi connectivity index (χ4v) is 6.11. The maximum absolute atomic E-state index is 12.8. The number of carbonyl (C=O) groups excluding carboxylic acids is 3. The van der Waals surface area contributed by atoms with Gasteiger partial charge in [0.2, 0.25) is 11.8 Å². The molecule has 0 aromatic heterocycles. The highest BCUT2D eigenvalue weighted by Gasteiger charge is 2.46. The SMILES string of the molecule is CC1(C)C[C@]2(CC[C@@H](NCc3ccc4c(c3)CN(C3CCC(=O)NC3=O)C4=O)CC2)CO1. The van der Waals surface area contributed by atoms with E-state index in [1.807, 2.05) is 12.1 Å². The van der Waals surface area contributed by atoms with Gasteiger partial charge in [-0.15, -0.1) is 0 Å². The summed E-state index contributed by atoms with van der Waals surface area (Å²) in [5, 5.41) is 6.07. The maximum Gasteiger partial charge on any atom is 0.255 e. The summed E-state index contributed by atoms with van der Waals surface area (Å²) in [5.41, 5.74) is 3.18. The molecule has 7 heteroatoms. The molecule has 32 heavy (non-hydrogen) atoms. The van der Waals surface area contributed by atoms with Crippen LogP contribution in [-0.4, -0.2) is 46.9 Å². The van der Waals surface area contributed by atoms with Crippen LogP contribution in [-0.2, 0) is 27.4 Å². The highest BCUT2D eigenvalue weighted by molar-refractivity contribution is 6.05. The lowest BCUT2D eigenvalue weighted by atomic mass is 9.70. The molecule has 2 saturated heterocycles. The highest BCUT2D eigenvalue weighted by atomic mass is 16.5. The van der Waals surface area contributed by atoms with E-state index in [2.05, 4.69) is 30.5 Å². The number of fused-ring (bicyclic) bond motifs is 1. The van der Waals surface area contributed by atoms with Crippen LogP contribution in [0.5, 0.6) is 0 Å². The number of ether oxygens (including phenoxy) is 1. The van der Waals surface area contributed by atoms with Gasteiger partial charge >= 0.3 is 0 Å². The molecule has 1 unspecified atom stereocenters. The van der Waals surface area contributed by atoms with Crippen molar-refractivity contribution in [3.63, 3.8) is 0 Å². The lowest BCUT2D eigenvalue weighted by Crippen LogP contribution is -2.52. The first kappa shape index (κ1) is 21.6. The first-order valence-electron chi connectivity index (χ1n) is 11.9. The van der Waals surface area contributed by atoms with Crippen LogP contribution in [0.2, 0.25) is 0 Å². The zero-order valence-electron chi connectivity index (χ0n) is 19.0. The molecule has 1 aliphatic carbocycles. The molecular weight excluding hydrogens is 406 g/mol. The minimum Gasteiger partial charge on any atom is -0.375 e. The second-order valence-electron chi connectivity index (χ2n) is 10.8. The fourth-order valence-electron chi connectivity index (χ4n) is 6.11. The summed E-state index contributed by atoms with van der Waals surface area (Å²) in [4.78, 5) is 38.1. The van der Waals surface area contributed by atoms with Gasteiger partial charge in [-0.2, -0.15) is 0 Å². The van der Waals surface area contributed by atoms with Gasteiger partial charge in [0.1, 0.15) is 6.04 Å². The van der Waals surface area contributed by atoms with E-state index in [4.69, 9.17) is 4.74 Å². The summed E-state index contributed by atoms with van der Waals surface area (Å²) >= 11 is 0. The lowest BCUT2D eigenvalue weighted by molar-refractivity contribution is -0.136. The molecule has 7 nitrogen and oxygen atoms in total. The Balaban J connectivity index is 1.17. The number of benzene rings is 1. The normalized spacial score (nSPS) is 31.8. The molecule has 0 radical (unpaired) electrons. The number of hydrogen-bond acceptors (Lipinski definition) is 5. The molecule has 172 valence electrons. The van der Waals surface area contributed by atoms with Crippen molar-refractivity contribution in [2.24, 2.45) is 5.41 Å². The molecule has 4 aliphatic rings. The predicted molar refractivity (Wildman–Crippen MR) is 119 cm³/mol. The van der Waals surface area contributed by atoms with Crippen molar-refractivity contribution in [2.75, 3.05) is 6.61 Å². The molecular formula is C25H33N3O4. The number of imide groups is 1. The quantitative estimate of drug-likeness (QED) is 0.705. The average molecular weight is 440 g/mol. The number of piperidine rings is 1. The van der Waals surface area contributed by atoms with Crippen LogP contribution < -0.4 is 10.6 Å². The van der Waals surface area contributed by atoms with Gasteiger partial charge in [0.05, 0.1) is 12.2 Å². The van der Waals surface area contributed by atoms with E-state index < -0.39 is 6.04 Å². The summed E-state index contributed by atoms with van der Waals surface area (Å²) in [5.74, 6) is -0.745. The smallest absolute Gasteiger partial charge is 0.255 e. The Hall–Kier alpha value is -2.25. The summed E-state index contributed by atoms with van der Waals surface area (Å²) in [7, 11) is 0. The van der Waals surface area contributed by atoms with Crippen LogP contribution >= 0.6 is 0 Å². The topological polar surface area (TPSA) is 87.7 Å². The molecule has 1 aromatic rings. The highest BCUT2D eigenvalue weighted by Crippen LogP contribution is 2.48. The molecule has 3 heterocycles. The molecule has 1 saturated carbocycles. The minimum absolute atomic E-state index is 0.0177. The van der Waals surface area contributed by atoms with Crippen molar-refractivity contribution in [3.8, 4) is 0 Å². The van der Waals surface area contributed by atoms with Gasteiger partial charge in [-0.25, -0.2) is 0 Å². The summed E-state index contributed by atoms with van der Waals surface area (Å²) in [6, 6.07) is 5.93. The molecule has 1 spiro atoms. The van der Waals surface area contributed by atoms with Gasteiger partial charge in [0.25, 0.3) is 5.91 Å². The molecule has 2 N–H and O–H groups in total. The van der Waals surface area contributed by atoms with Crippen LogP contribution in [0, 0.1) is 5.41 Å². The van der Waals surface area contributed by atoms with Crippen LogP contribution in [0.4, 0.5) is 0 Å². The Morgan fingerprint density at radius 1 is 1.16 bits per heavy atom. The third kappa shape index (κ3) is 4.08. The van der Waals surface area contributed by atoms with E-state index >= 15 is 0 Å². The van der Waals surface area contributed by atoms with Crippen molar-refractivity contribution in [1.29, 1.82) is 0 Å². The van der Waals surface area contributed by atoms with Crippen LogP contribution in [0.25, 0.3) is 0 Å². The first-order valence-corrected chi connectivity index (χ1v) is 11.9. The van der Waals surface area contributed by atoms with Crippen molar-refractivity contribution in [1.82, 2.24) is 15.5 Å². The van der Waals surface area contributed by atoms with Gasteiger partial charge in [-0.05, 0) is 75.0 Å². The zero-order valence-corrected chi connectivity index (χ0v) is 19.0. The van der Waals surface area contributed by atoms with Crippen molar-refractivity contribution < 1.29 is 19.1 Å². The maximum atomic E-state index is 12.8. The Labute approximate surface area is 189 Å². The molecule has 3 amide bonds. The van der Waals surface area contributed by atoms with E-state index in [0.29, 0.717) is 30.0 Å². The molecule has 1 aromatic carbocycles. The van der Waals surface area contributed by atoms with Gasteiger partial charge < -0.3 is 15.0 Å². The van der Waals surface area contributed by atoms with E-state index in [0.717, 1.165) is 30.7 Å². The van der Waals surface area contributed by atoms with E-state index in [1.54, 1.807) is 4.90 Å². The van der Waals surface area contributed by atoms with Crippen molar-refractivity contribution in [2.45, 2.75) is 89.6 Å². The monoisotopic (exact) mass is 439 g/mol. The Kier molecular flexibility index (Phi) is 5.37. The van der Waals surface area contributed by atoms with Crippen molar-refractivity contribution in [3.05, 3.63) is 34.9 Å². The number of nitrogens with zero attached hydrogens (tertiary/aromatic N) is 1. The number of rotatable bonds is 4. The second-order valence-corrected chi connectivity index (χ2v) is 10.8. The van der Waals surface area contributed by atoms with Crippen LogP contribution in [0.15, 0.2) is 18.2 Å². The number of nitrogens with one attached hydrogen (secondary N) is 2. The standard InChI is InChI=1S/C25H33N3O4/c1-24(2)14-25(15-32-24)9-7-18(8-10-25)26-12-16-3-4-19-17(11-16)13-28(23(19)31)20-5-6-21(29)27-22(20)30/h3-4,11,18,20,26H,5-10,12-15H2,1-2H3,(H,27,29,30)/t18-,20?,25-. The Morgan fingerprint density at radius 2 is 1.94 bits per heavy atom. The fraction of sp³-hybridized carbons (Fsp3) is 0.640. The van der Waals surface area contributed by atoms with E-state index in [-0.39, 0.29) is 29.7 Å². The number of carbonyl (C=O) groups is 3. The van der Waals surface area contributed by atoms with Crippen molar-refractivity contribution >= 4 is 17.7 Å². The van der Waals surface area contributed by atoms with E-state index in [1.165, 1.54) is 25.7 Å². The van der Waals surface area contributed by atoms with Gasteiger partial charge in [0.15, 0.2) is 0 Å². The molecule has 3 fully saturated rings. The van der Waals surface area contributed by atoms with Gasteiger partial charge in [-0.3, -0.25) is 19.7 Å².